The summed E-state index contributed by atoms with van der Waals surface area (Å²) in [6, 6.07) is 12.5. The highest BCUT2D eigenvalue weighted by Gasteiger charge is 2.27. The fraction of sp³-hybridized carbons (Fsp3) is 0.435. The Hall–Kier alpha value is -3.09. The highest BCUT2D eigenvalue weighted by atomic mass is 16.4. The first-order chi connectivity index (χ1) is 14.8. The minimum atomic E-state index is 0.0329. The lowest BCUT2D eigenvalue weighted by Crippen LogP contribution is -2.40. The Bertz CT molecular complexity index is 986. The fourth-order valence-corrected chi connectivity index (χ4v) is 4.35. The molecule has 0 spiro atoms. The molecule has 0 unspecified atom stereocenters. The number of carbonyl (C=O) groups is 1. The molecular formula is C23H27N5O2. The maximum absolute atomic E-state index is 12.7. The molecule has 5 rings (SSSR count). The van der Waals surface area contributed by atoms with Gasteiger partial charge in [-0.15, -0.1) is 0 Å². The van der Waals surface area contributed by atoms with Crippen molar-refractivity contribution in [1.29, 1.82) is 0 Å². The van der Waals surface area contributed by atoms with Crippen molar-refractivity contribution in [2.24, 2.45) is 5.92 Å². The van der Waals surface area contributed by atoms with Gasteiger partial charge in [0.15, 0.2) is 5.58 Å². The second kappa shape index (κ2) is 8.34. The molecule has 0 aliphatic carbocycles. The third-order valence-electron chi connectivity index (χ3n) is 6.13. The normalized spacial score (nSPS) is 17.6. The molecule has 2 saturated heterocycles. The van der Waals surface area contributed by atoms with Gasteiger partial charge in [0, 0.05) is 44.8 Å². The molecule has 2 aliphatic rings. The maximum atomic E-state index is 12.7. The van der Waals surface area contributed by atoms with Crippen LogP contribution >= 0.6 is 0 Å². The minimum absolute atomic E-state index is 0.0329. The summed E-state index contributed by atoms with van der Waals surface area (Å²) in [4.78, 5) is 26.2. The lowest BCUT2D eigenvalue weighted by atomic mass is 9.96. The van der Waals surface area contributed by atoms with Gasteiger partial charge in [-0.1, -0.05) is 12.1 Å². The monoisotopic (exact) mass is 405 g/mol. The second-order valence-corrected chi connectivity index (χ2v) is 8.16. The molecule has 156 valence electrons. The van der Waals surface area contributed by atoms with Gasteiger partial charge in [-0.05, 0) is 55.5 Å². The van der Waals surface area contributed by atoms with Crippen molar-refractivity contribution in [1.82, 2.24) is 15.3 Å². The van der Waals surface area contributed by atoms with Crippen molar-refractivity contribution in [3.8, 4) is 0 Å². The van der Waals surface area contributed by atoms with E-state index in [0.717, 1.165) is 61.5 Å². The summed E-state index contributed by atoms with van der Waals surface area (Å²) in [5.74, 6) is 1.18. The van der Waals surface area contributed by atoms with E-state index in [0.29, 0.717) is 12.6 Å². The molecule has 7 heteroatoms. The Balaban J connectivity index is 1.14. The number of nitrogens with zero attached hydrogens (tertiary/aromatic N) is 4. The number of oxazole rings is 1. The Morgan fingerprint density at radius 1 is 1.07 bits per heavy atom. The largest absolute Gasteiger partial charge is 0.423 e. The number of aromatic nitrogens is 2. The predicted octanol–water partition coefficient (Wildman–Crippen LogP) is 3.36. The number of rotatable bonds is 5. The fourth-order valence-electron chi connectivity index (χ4n) is 4.35. The van der Waals surface area contributed by atoms with Gasteiger partial charge < -0.3 is 19.5 Å². The average molecular weight is 406 g/mol. The van der Waals surface area contributed by atoms with E-state index in [9.17, 15) is 4.79 Å². The highest BCUT2D eigenvalue weighted by molar-refractivity contribution is 5.79. The maximum Gasteiger partial charge on any atom is 0.298 e. The minimum Gasteiger partial charge on any atom is -0.423 e. The van der Waals surface area contributed by atoms with Crippen LogP contribution in [0.2, 0.25) is 0 Å². The average Bonchev–Trinajstić information content (AvgIpc) is 3.48. The molecule has 1 amide bonds. The van der Waals surface area contributed by atoms with Gasteiger partial charge in [-0.3, -0.25) is 4.79 Å². The summed E-state index contributed by atoms with van der Waals surface area (Å²) >= 11 is 0. The van der Waals surface area contributed by atoms with Gasteiger partial charge in [0.05, 0.1) is 0 Å². The first-order valence-electron chi connectivity index (χ1n) is 10.8. The smallest absolute Gasteiger partial charge is 0.298 e. The third-order valence-corrected chi connectivity index (χ3v) is 6.13. The first-order valence-corrected chi connectivity index (χ1v) is 10.8. The quantitative estimate of drug-likeness (QED) is 0.702. The van der Waals surface area contributed by atoms with Gasteiger partial charge in [0.2, 0.25) is 5.91 Å². The predicted molar refractivity (Wildman–Crippen MR) is 116 cm³/mol. The van der Waals surface area contributed by atoms with Crippen LogP contribution in [0.15, 0.2) is 47.0 Å². The Morgan fingerprint density at radius 2 is 1.87 bits per heavy atom. The number of amides is 1. The zero-order valence-electron chi connectivity index (χ0n) is 17.1. The number of benzene rings is 1. The summed E-state index contributed by atoms with van der Waals surface area (Å²) in [5, 5.41) is 3.12. The van der Waals surface area contributed by atoms with Gasteiger partial charge in [0.1, 0.15) is 11.3 Å². The third kappa shape index (κ3) is 3.97. The molecule has 0 radical (unpaired) electrons. The van der Waals surface area contributed by atoms with Gasteiger partial charge in [0.25, 0.3) is 6.01 Å². The molecule has 1 aromatic carbocycles. The van der Waals surface area contributed by atoms with Crippen LogP contribution in [0.5, 0.6) is 0 Å². The van der Waals surface area contributed by atoms with E-state index in [-0.39, 0.29) is 11.8 Å². The van der Waals surface area contributed by atoms with Crippen LogP contribution in [-0.2, 0) is 11.3 Å². The Kier molecular flexibility index (Phi) is 5.26. The zero-order chi connectivity index (χ0) is 20.3. The number of piperidine rings is 1. The standard InChI is InChI=1S/C23H27N5O2/c29-22(25-16-17-7-10-24-21(15-17)27-11-3-4-12-27)18-8-13-28(14-9-18)23-26-19-5-1-2-6-20(19)30-23/h1-2,5-7,10,15,18H,3-4,8-9,11-14,16H2,(H,25,29). The topological polar surface area (TPSA) is 74.5 Å². The van der Waals surface area contributed by atoms with Crippen LogP contribution < -0.4 is 15.1 Å². The molecule has 0 atom stereocenters. The number of nitrogens with one attached hydrogen (secondary N) is 1. The first kappa shape index (κ1) is 18.9. The molecule has 30 heavy (non-hydrogen) atoms. The Labute approximate surface area is 176 Å². The zero-order valence-corrected chi connectivity index (χ0v) is 17.1. The molecular weight excluding hydrogens is 378 g/mol. The van der Waals surface area contributed by atoms with Gasteiger partial charge >= 0.3 is 0 Å². The van der Waals surface area contributed by atoms with Crippen LogP contribution in [0, 0.1) is 5.92 Å². The van der Waals surface area contributed by atoms with Crippen LogP contribution in [0.25, 0.3) is 11.1 Å². The van der Waals surface area contributed by atoms with Crippen molar-refractivity contribution in [2.75, 3.05) is 36.0 Å². The molecule has 0 bridgehead atoms. The molecule has 2 fully saturated rings. The number of hydrogen-bond donors (Lipinski definition) is 1. The van der Waals surface area contributed by atoms with Gasteiger partial charge in [-0.25, -0.2) is 4.98 Å². The highest BCUT2D eigenvalue weighted by Crippen LogP contribution is 2.26. The number of anilines is 2. The Morgan fingerprint density at radius 3 is 2.67 bits per heavy atom. The van der Waals surface area contributed by atoms with Crippen molar-refractivity contribution in [2.45, 2.75) is 32.2 Å². The van der Waals surface area contributed by atoms with E-state index < -0.39 is 0 Å². The van der Waals surface area contributed by atoms with E-state index in [1.165, 1.54) is 12.8 Å². The summed E-state index contributed by atoms with van der Waals surface area (Å²) in [7, 11) is 0. The van der Waals surface area contributed by atoms with Crippen molar-refractivity contribution >= 4 is 28.8 Å². The van der Waals surface area contributed by atoms with Crippen molar-refractivity contribution in [3.63, 3.8) is 0 Å². The number of pyridine rings is 1. The molecule has 7 nitrogen and oxygen atoms in total. The van der Waals surface area contributed by atoms with Crippen molar-refractivity contribution in [3.05, 3.63) is 48.2 Å². The summed E-state index contributed by atoms with van der Waals surface area (Å²) < 4.78 is 5.87. The number of hydrogen-bond acceptors (Lipinski definition) is 6. The SMILES string of the molecule is O=C(NCc1ccnc(N2CCCC2)c1)C1CCN(c2nc3ccccc3o2)CC1. The van der Waals surface area contributed by atoms with E-state index in [2.05, 4.69) is 31.2 Å². The molecule has 2 aliphatic heterocycles. The van der Waals surface area contributed by atoms with Crippen LogP contribution in [-0.4, -0.2) is 42.1 Å². The summed E-state index contributed by atoms with van der Waals surface area (Å²) in [6.45, 7) is 4.25. The number of para-hydroxylation sites is 2. The number of carbonyl (C=O) groups excluding carboxylic acids is 1. The summed E-state index contributed by atoms with van der Waals surface area (Å²) in [5.41, 5.74) is 2.78. The molecule has 0 saturated carbocycles. The van der Waals surface area contributed by atoms with E-state index in [1.54, 1.807) is 0 Å². The van der Waals surface area contributed by atoms with Crippen LogP contribution in [0.3, 0.4) is 0 Å². The summed E-state index contributed by atoms with van der Waals surface area (Å²) in [6.07, 6.45) is 5.91. The lowest BCUT2D eigenvalue weighted by Gasteiger charge is -2.30. The van der Waals surface area contributed by atoms with Gasteiger partial charge in [-0.2, -0.15) is 4.98 Å². The van der Waals surface area contributed by atoms with Crippen LogP contribution in [0.1, 0.15) is 31.2 Å². The molecule has 2 aromatic heterocycles. The van der Waals surface area contributed by atoms with E-state index in [1.807, 2.05) is 36.5 Å². The molecule has 1 N–H and O–H groups in total. The van der Waals surface area contributed by atoms with Crippen LogP contribution in [0.4, 0.5) is 11.8 Å². The lowest BCUT2D eigenvalue weighted by molar-refractivity contribution is -0.125. The van der Waals surface area contributed by atoms with E-state index in [4.69, 9.17) is 4.42 Å². The number of fused-ring (bicyclic) bond motifs is 1. The second-order valence-electron chi connectivity index (χ2n) is 8.16. The van der Waals surface area contributed by atoms with Crippen molar-refractivity contribution < 1.29 is 9.21 Å². The van der Waals surface area contributed by atoms with E-state index >= 15 is 0 Å². The molecule has 4 heterocycles. The molecule has 3 aromatic rings.